The quantitative estimate of drug-likeness (QED) is 0.307. The van der Waals surface area contributed by atoms with E-state index in [2.05, 4.69) is 4.18 Å². The number of hydrogen-bond donors (Lipinski definition) is 4. The zero-order valence-electron chi connectivity index (χ0n) is 13.6. The minimum atomic E-state index is -5.37. The minimum absolute atomic E-state index is 0.171. The van der Waals surface area contributed by atoms with Gasteiger partial charge in [-0.3, -0.25) is 13.7 Å². The molecule has 17 heteroatoms. The van der Waals surface area contributed by atoms with Gasteiger partial charge in [0, 0.05) is 0 Å². The van der Waals surface area contributed by atoms with Crippen LogP contribution in [0.5, 0.6) is 11.5 Å². The predicted molar refractivity (Wildman–Crippen MR) is 91.8 cm³/mol. The van der Waals surface area contributed by atoms with Gasteiger partial charge >= 0.3 is 10.1 Å². The van der Waals surface area contributed by atoms with Crippen molar-refractivity contribution in [3.8, 4) is 11.5 Å². The average molecular weight is 490 g/mol. The summed E-state index contributed by atoms with van der Waals surface area (Å²) in [7, 11) is -20.8. The van der Waals surface area contributed by atoms with Gasteiger partial charge in [0.25, 0.3) is 30.4 Å². The van der Waals surface area contributed by atoms with E-state index in [4.69, 9.17) is 9.11 Å². The number of phenolic OH excluding ortho intramolecular Hbond substituents is 1. The molecule has 0 unspecified atom stereocenters. The monoisotopic (exact) mass is 490 g/mol. The second kappa shape index (κ2) is 7.20. The summed E-state index contributed by atoms with van der Waals surface area (Å²) >= 11 is 0. The van der Waals surface area contributed by atoms with Crippen LogP contribution in [-0.2, 0) is 40.5 Å². The van der Waals surface area contributed by atoms with Crippen LogP contribution in [0.15, 0.2) is 56.0 Å². The Kier molecular flexibility index (Phi) is 5.71. The Balaban J connectivity index is 2.76. The fraction of sp³-hybridized carbons (Fsp3) is 0. The fourth-order valence-corrected chi connectivity index (χ4v) is 5.63. The molecule has 0 fully saturated rings. The number of hydrogen-bond acceptors (Lipinski definition) is 10. The van der Waals surface area contributed by atoms with Crippen molar-refractivity contribution in [2.75, 3.05) is 0 Å². The normalized spacial score (nSPS) is 13.2. The molecule has 0 aliphatic heterocycles. The smallest absolute Gasteiger partial charge is 0.344 e. The summed E-state index contributed by atoms with van der Waals surface area (Å²) in [5.74, 6) is -2.40. The molecule has 0 aromatic heterocycles. The maximum atomic E-state index is 12.4. The third-order valence-corrected chi connectivity index (χ3v) is 7.25. The van der Waals surface area contributed by atoms with Crippen LogP contribution >= 0.6 is 0 Å². The maximum absolute atomic E-state index is 12.4. The molecule has 2 aromatic carbocycles. The van der Waals surface area contributed by atoms with Crippen molar-refractivity contribution in [1.82, 2.24) is 0 Å². The highest BCUT2D eigenvalue weighted by molar-refractivity contribution is 7.90. The Bertz CT molecular complexity index is 1400. The highest BCUT2D eigenvalue weighted by atomic mass is 32.2. The van der Waals surface area contributed by atoms with Crippen LogP contribution in [-0.4, -0.2) is 52.4 Å². The van der Waals surface area contributed by atoms with Crippen molar-refractivity contribution < 1.29 is 56.6 Å². The number of rotatable bonds is 6. The highest BCUT2D eigenvalue weighted by Crippen LogP contribution is 2.34. The van der Waals surface area contributed by atoms with E-state index in [0.29, 0.717) is 18.2 Å². The van der Waals surface area contributed by atoms with E-state index in [9.17, 15) is 43.3 Å². The lowest BCUT2D eigenvalue weighted by Crippen LogP contribution is -2.16. The summed E-state index contributed by atoms with van der Waals surface area (Å²) in [6, 6.07) is 3.30. The maximum Gasteiger partial charge on any atom is 0.344 e. The summed E-state index contributed by atoms with van der Waals surface area (Å²) < 4.78 is 125. The van der Waals surface area contributed by atoms with E-state index in [1.807, 2.05) is 0 Å². The summed E-state index contributed by atoms with van der Waals surface area (Å²) in [6.07, 6.45) is 0. The molecular weight excluding hydrogens is 480 g/mol. The highest BCUT2D eigenvalue weighted by Gasteiger charge is 2.33. The third kappa shape index (κ3) is 5.01. The Hall–Kier alpha value is -2.28. The van der Waals surface area contributed by atoms with Gasteiger partial charge < -0.3 is 9.29 Å². The van der Waals surface area contributed by atoms with E-state index in [1.165, 1.54) is 0 Å². The van der Waals surface area contributed by atoms with Crippen molar-refractivity contribution >= 4 is 40.5 Å². The standard InChI is InChI=1S/C12H10O13S4/c13-8-2-1-3-10(27(17,18)19)12(8)29(23,24)25-9-5-4-7(26(14,15)16)6-11(9)28(20,21)22/h1-6,13H,(H,14,15,16)(H,17,18,19)(H,20,21,22). The molecule has 4 N–H and O–H groups in total. The van der Waals surface area contributed by atoms with Crippen molar-refractivity contribution in [1.29, 1.82) is 0 Å². The first-order valence-electron chi connectivity index (χ1n) is 6.77. The molecule has 160 valence electrons. The van der Waals surface area contributed by atoms with Gasteiger partial charge in [-0.2, -0.15) is 33.7 Å². The molecular formula is C12H10O13S4. The molecule has 0 saturated heterocycles. The first kappa shape index (κ1) is 23.0. The summed E-state index contributed by atoms with van der Waals surface area (Å²) in [5, 5.41) is 9.73. The Morgan fingerprint density at radius 3 is 1.72 bits per heavy atom. The Labute approximate surface area is 164 Å². The van der Waals surface area contributed by atoms with E-state index in [1.54, 1.807) is 0 Å². The molecule has 0 bridgehead atoms. The van der Waals surface area contributed by atoms with Crippen LogP contribution in [0.25, 0.3) is 0 Å². The van der Waals surface area contributed by atoms with Gasteiger partial charge in [0.15, 0.2) is 10.6 Å². The number of benzene rings is 2. The molecule has 0 saturated carbocycles. The molecule has 2 rings (SSSR count). The average Bonchev–Trinajstić information content (AvgIpc) is 2.51. The largest absolute Gasteiger partial charge is 0.506 e. The molecule has 0 atom stereocenters. The van der Waals surface area contributed by atoms with E-state index in [-0.39, 0.29) is 6.07 Å². The van der Waals surface area contributed by atoms with Crippen LogP contribution in [0.3, 0.4) is 0 Å². The van der Waals surface area contributed by atoms with E-state index < -0.39 is 71.6 Å². The van der Waals surface area contributed by atoms with E-state index >= 15 is 0 Å². The van der Waals surface area contributed by atoms with Gasteiger partial charge in [0.2, 0.25) is 0 Å². The summed E-state index contributed by atoms with van der Waals surface area (Å²) in [6.45, 7) is 0. The van der Waals surface area contributed by atoms with Crippen molar-refractivity contribution in [2.45, 2.75) is 19.6 Å². The van der Waals surface area contributed by atoms with Crippen LogP contribution in [0.4, 0.5) is 0 Å². The van der Waals surface area contributed by atoms with Crippen molar-refractivity contribution in [3.63, 3.8) is 0 Å². The van der Waals surface area contributed by atoms with Crippen LogP contribution in [0, 0.1) is 0 Å². The zero-order valence-corrected chi connectivity index (χ0v) is 16.8. The van der Waals surface area contributed by atoms with Gasteiger partial charge in [0.05, 0.1) is 4.90 Å². The number of phenols is 1. The summed E-state index contributed by atoms with van der Waals surface area (Å²) in [5.41, 5.74) is 0. The molecule has 0 amide bonds. The first-order chi connectivity index (χ1) is 12.9. The SMILES string of the molecule is O=S(=O)(O)c1ccc(OS(=O)(=O)c2c(O)cccc2S(=O)(=O)O)c(S(=O)(=O)O)c1. The lowest BCUT2D eigenvalue weighted by Gasteiger charge is -2.13. The second-order valence-corrected chi connectivity index (χ2v) is 10.9. The lowest BCUT2D eigenvalue weighted by atomic mass is 10.3. The van der Waals surface area contributed by atoms with Gasteiger partial charge in [0.1, 0.15) is 15.5 Å². The van der Waals surface area contributed by atoms with Gasteiger partial charge in [-0.05, 0) is 30.3 Å². The fourth-order valence-electron chi connectivity index (χ4n) is 2.04. The summed E-state index contributed by atoms with van der Waals surface area (Å²) in [4.78, 5) is -5.22. The molecule has 0 aliphatic carbocycles. The van der Waals surface area contributed by atoms with Crippen LogP contribution in [0.1, 0.15) is 0 Å². The molecule has 0 radical (unpaired) electrons. The van der Waals surface area contributed by atoms with E-state index in [0.717, 1.165) is 12.1 Å². The minimum Gasteiger partial charge on any atom is -0.506 e. The predicted octanol–water partition coefficient (Wildman–Crippen LogP) is -0.1000. The molecule has 2 aromatic rings. The molecule has 29 heavy (non-hydrogen) atoms. The van der Waals surface area contributed by atoms with Crippen molar-refractivity contribution in [2.24, 2.45) is 0 Å². The van der Waals surface area contributed by atoms with Crippen molar-refractivity contribution in [3.05, 3.63) is 36.4 Å². The molecule has 0 spiro atoms. The lowest BCUT2D eigenvalue weighted by molar-refractivity contribution is 0.429. The second-order valence-electron chi connectivity index (χ2n) is 5.18. The topological polar surface area (TPSA) is 227 Å². The molecule has 13 nitrogen and oxygen atoms in total. The Morgan fingerprint density at radius 2 is 1.24 bits per heavy atom. The van der Waals surface area contributed by atoms with Gasteiger partial charge in [-0.15, -0.1) is 0 Å². The third-order valence-electron chi connectivity index (χ3n) is 3.18. The zero-order chi connectivity index (χ0) is 22.4. The van der Waals surface area contributed by atoms with Gasteiger partial charge in [-0.25, -0.2) is 0 Å². The number of aromatic hydroxyl groups is 1. The van der Waals surface area contributed by atoms with Crippen LogP contribution < -0.4 is 4.18 Å². The molecule has 0 aliphatic rings. The molecule has 0 heterocycles. The van der Waals surface area contributed by atoms with Gasteiger partial charge in [-0.1, -0.05) is 6.07 Å². The van der Waals surface area contributed by atoms with Crippen LogP contribution in [0.2, 0.25) is 0 Å². The Morgan fingerprint density at radius 1 is 0.690 bits per heavy atom. The first-order valence-corrected chi connectivity index (χ1v) is 12.5.